The van der Waals surface area contributed by atoms with Gasteiger partial charge < -0.3 is 4.90 Å². The molecule has 1 fully saturated rings. The quantitative estimate of drug-likeness (QED) is 0.524. The zero-order valence-corrected chi connectivity index (χ0v) is 9.36. The molecule has 0 aromatic carbocycles. The molecule has 0 aliphatic carbocycles. The van der Waals surface area contributed by atoms with Crippen LogP contribution in [0, 0.1) is 19.3 Å². The Kier molecular flexibility index (Phi) is 1.72. The van der Waals surface area contributed by atoms with Crippen LogP contribution in [0.1, 0.15) is 11.4 Å². The monoisotopic (exact) mass is 212 g/mol. The van der Waals surface area contributed by atoms with E-state index >= 15 is 0 Å². The molecule has 16 heavy (non-hydrogen) atoms. The van der Waals surface area contributed by atoms with Gasteiger partial charge in [0.05, 0.1) is 28.5 Å². The molecule has 0 radical (unpaired) electrons. The second-order valence-electron chi connectivity index (χ2n) is 4.06. The number of anilines is 1. The van der Waals surface area contributed by atoms with Crippen molar-refractivity contribution in [3.63, 3.8) is 0 Å². The van der Waals surface area contributed by atoms with E-state index < -0.39 is 0 Å². The van der Waals surface area contributed by atoms with Gasteiger partial charge in [-0.15, -0.1) is 6.42 Å². The standard InChI is InChI=1S/C12H12N4/c1-4-9-11-10(16-5-6-16)7-13-8(2)12(11)15(3)14-9/h1,7H,5-6H2,2-3H3. The van der Waals surface area contributed by atoms with E-state index in [9.17, 15) is 0 Å². The minimum Gasteiger partial charge on any atom is -0.366 e. The maximum absolute atomic E-state index is 5.50. The van der Waals surface area contributed by atoms with Crippen LogP contribution >= 0.6 is 0 Å². The molecule has 0 spiro atoms. The first-order valence-corrected chi connectivity index (χ1v) is 5.26. The molecule has 0 saturated carbocycles. The minimum absolute atomic E-state index is 0.713. The van der Waals surface area contributed by atoms with Gasteiger partial charge >= 0.3 is 0 Å². The number of nitrogens with zero attached hydrogens (tertiary/aromatic N) is 4. The lowest BCUT2D eigenvalue weighted by Crippen LogP contribution is -1.97. The third-order valence-electron chi connectivity index (χ3n) is 2.95. The van der Waals surface area contributed by atoms with Gasteiger partial charge in [0.1, 0.15) is 5.69 Å². The summed E-state index contributed by atoms with van der Waals surface area (Å²) in [6.45, 7) is 4.15. The molecule has 1 aliphatic rings. The number of pyridine rings is 1. The second-order valence-corrected chi connectivity index (χ2v) is 4.06. The van der Waals surface area contributed by atoms with Gasteiger partial charge in [0.15, 0.2) is 0 Å². The third kappa shape index (κ3) is 1.12. The molecule has 0 N–H and O–H groups in total. The Morgan fingerprint density at radius 3 is 2.81 bits per heavy atom. The van der Waals surface area contributed by atoms with Gasteiger partial charge in [-0.1, -0.05) is 0 Å². The molecule has 2 aromatic rings. The summed E-state index contributed by atoms with van der Waals surface area (Å²) < 4.78 is 1.82. The van der Waals surface area contributed by atoms with Crippen molar-refractivity contribution in [1.82, 2.24) is 14.8 Å². The molecule has 80 valence electrons. The van der Waals surface area contributed by atoms with Crippen molar-refractivity contribution < 1.29 is 0 Å². The van der Waals surface area contributed by atoms with Gasteiger partial charge in [0.25, 0.3) is 0 Å². The minimum atomic E-state index is 0.713. The predicted molar refractivity (Wildman–Crippen MR) is 63.4 cm³/mol. The summed E-state index contributed by atoms with van der Waals surface area (Å²) in [5.41, 5.74) is 3.83. The van der Waals surface area contributed by atoms with Crippen LogP contribution in [0.3, 0.4) is 0 Å². The number of fused-ring (bicyclic) bond motifs is 1. The Hall–Kier alpha value is -2.02. The highest BCUT2D eigenvalue weighted by Gasteiger charge is 2.24. The summed E-state index contributed by atoms with van der Waals surface area (Å²) >= 11 is 0. The second kappa shape index (κ2) is 2.99. The topological polar surface area (TPSA) is 33.7 Å². The van der Waals surface area contributed by atoms with Gasteiger partial charge in [-0.2, -0.15) is 5.10 Å². The van der Waals surface area contributed by atoms with E-state index in [1.54, 1.807) is 0 Å². The lowest BCUT2D eigenvalue weighted by molar-refractivity contribution is 0.787. The van der Waals surface area contributed by atoms with Crippen LogP contribution in [0.4, 0.5) is 5.69 Å². The molecule has 4 heteroatoms. The number of rotatable bonds is 1. The Morgan fingerprint density at radius 2 is 2.19 bits per heavy atom. The van der Waals surface area contributed by atoms with Gasteiger partial charge in [-0.3, -0.25) is 9.67 Å². The Morgan fingerprint density at radius 1 is 1.44 bits per heavy atom. The fourth-order valence-corrected chi connectivity index (χ4v) is 2.10. The largest absolute Gasteiger partial charge is 0.366 e. The molecule has 3 rings (SSSR count). The maximum atomic E-state index is 5.50. The molecule has 1 saturated heterocycles. The van der Waals surface area contributed by atoms with Crippen LogP contribution in [0.25, 0.3) is 10.9 Å². The van der Waals surface area contributed by atoms with E-state index in [0.29, 0.717) is 5.69 Å². The highest BCUT2D eigenvalue weighted by atomic mass is 15.3. The fraction of sp³-hybridized carbons (Fsp3) is 0.333. The van der Waals surface area contributed by atoms with Crippen LogP contribution in [0.5, 0.6) is 0 Å². The summed E-state index contributed by atoms with van der Waals surface area (Å²) in [5.74, 6) is 2.65. The maximum Gasteiger partial charge on any atom is 0.145 e. The number of aryl methyl sites for hydroxylation is 2. The Bertz CT molecular complexity index is 614. The van der Waals surface area contributed by atoms with Crippen molar-refractivity contribution in [3.05, 3.63) is 17.6 Å². The highest BCUT2D eigenvalue weighted by molar-refractivity contribution is 5.97. The zero-order valence-electron chi connectivity index (χ0n) is 9.36. The van der Waals surface area contributed by atoms with Crippen molar-refractivity contribution in [2.24, 2.45) is 7.05 Å². The first-order chi connectivity index (χ1) is 7.72. The third-order valence-corrected chi connectivity index (χ3v) is 2.95. The smallest absolute Gasteiger partial charge is 0.145 e. The Balaban J connectivity index is 2.45. The molecule has 0 amide bonds. The summed E-state index contributed by atoms with van der Waals surface area (Å²) in [6, 6.07) is 0. The van der Waals surface area contributed by atoms with Crippen molar-refractivity contribution in [3.8, 4) is 12.3 Å². The van der Waals surface area contributed by atoms with Crippen LogP contribution in [-0.2, 0) is 7.05 Å². The normalized spacial score (nSPS) is 14.2. The van der Waals surface area contributed by atoms with Gasteiger partial charge in [0, 0.05) is 20.1 Å². The van der Waals surface area contributed by atoms with Crippen LogP contribution < -0.4 is 4.90 Å². The highest BCUT2D eigenvalue weighted by Crippen LogP contribution is 2.32. The molecule has 0 bridgehead atoms. The number of aromatic nitrogens is 3. The summed E-state index contributed by atoms with van der Waals surface area (Å²) in [6.07, 6.45) is 7.40. The van der Waals surface area contributed by atoms with Crippen LogP contribution in [-0.4, -0.2) is 27.9 Å². The molecule has 0 unspecified atom stereocenters. The van der Waals surface area contributed by atoms with Crippen LogP contribution in [0.15, 0.2) is 6.20 Å². The Labute approximate surface area is 93.9 Å². The van der Waals surface area contributed by atoms with E-state index in [2.05, 4.69) is 20.9 Å². The summed E-state index contributed by atoms with van der Waals surface area (Å²) in [7, 11) is 1.91. The van der Waals surface area contributed by atoms with Gasteiger partial charge in [-0.05, 0) is 12.8 Å². The molecule has 0 atom stereocenters. The van der Waals surface area contributed by atoms with Crippen molar-refractivity contribution in [1.29, 1.82) is 0 Å². The molecule has 3 heterocycles. The summed E-state index contributed by atoms with van der Waals surface area (Å²) in [5, 5.41) is 5.42. The fourth-order valence-electron chi connectivity index (χ4n) is 2.10. The molecular weight excluding hydrogens is 200 g/mol. The van der Waals surface area contributed by atoms with Crippen molar-refractivity contribution >= 4 is 16.6 Å². The van der Waals surface area contributed by atoms with Crippen LogP contribution in [0.2, 0.25) is 0 Å². The molecule has 1 aliphatic heterocycles. The average Bonchev–Trinajstić information content (AvgIpc) is 3.04. The predicted octanol–water partition coefficient (Wildman–Crippen LogP) is 1.08. The van der Waals surface area contributed by atoms with E-state index in [1.807, 2.05) is 24.9 Å². The first kappa shape index (κ1) is 9.22. The van der Waals surface area contributed by atoms with E-state index in [0.717, 1.165) is 35.4 Å². The van der Waals surface area contributed by atoms with Crippen molar-refractivity contribution in [2.45, 2.75) is 6.92 Å². The lowest BCUT2D eigenvalue weighted by atomic mass is 10.2. The lowest BCUT2D eigenvalue weighted by Gasteiger charge is -2.06. The summed E-state index contributed by atoms with van der Waals surface area (Å²) in [4.78, 5) is 6.65. The SMILES string of the molecule is C#Cc1nn(C)c2c(C)ncc(N3CC3)c12. The van der Waals surface area contributed by atoms with E-state index in [-0.39, 0.29) is 0 Å². The number of hydrogen-bond acceptors (Lipinski definition) is 3. The van der Waals surface area contributed by atoms with Gasteiger partial charge in [-0.25, -0.2) is 0 Å². The molecule has 4 nitrogen and oxygen atoms in total. The number of hydrogen-bond donors (Lipinski definition) is 0. The first-order valence-electron chi connectivity index (χ1n) is 5.26. The van der Waals surface area contributed by atoms with E-state index in [4.69, 9.17) is 6.42 Å². The zero-order chi connectivity index (χ0) is 11.3. The average molecular weight is 212 g/mol. The van der Waals surface area contributed by atoms with E-state index in [1.165, 1.54) is 0 Å². The number of terminal acetylenes is 1. The molecule has 2 aromatic heterocycles. The van der Waals surface area contributed by atoms with Gasteiger partial charge in [0.2, 0.25) is 0 Å². The van der Waals surface area contributed by atoms with Crippen molar-refractivity contribution in [2.75, 3.05) is 18.0 Å². The molecular formula is C12H12N4.